The van der Waals surface area contributed by atoms with E-state index in [-0.39, 0.29) is 0 Å². The Balaban J connectivity index is 1.52. The van der Waals surface area contributed by atoms with Crippen LogP contribution in [0, 0.1) is 6.92 Å². The molecule has 6 heterocycles. The van der Waals surface area contributed by atoms with E-state index in [1.54, 1.807) is 18.6 Å². The molecule has 6 aromatic rings. The second kappa shape index (κ2) is 6.81. The van der Waals surface area contributed by atoms with Crippen LogP contribution in [0.1, 0.15) is 5.56 Å². The summed E-state index contributed by atoms with van der Waals surface area (Å²) in [5.74, 6) is 0.647. The molecule has 0 atom stereocenters. The number of hydrogen-bond donors (Lipinski definition) is 2. The van der Waals surface area contributed by atoms with E-state index >= 15 is 0 Å². The van der Waals surface area contributed by atoms with Crippen LogP contribution < -0.4 is 0 Å². The van der Waals surface area contributed by atoms with Crippen LogP contribution >= 0.6 is 0 Å². The maximum atomic E-state index is 4.82. The van der Waals surface area contributed by atoms with E-state index in [9.17, 15) is 0 Å². The van der Waals surface area contributed by atoms with Crippen LogP contribution in [0.4, 0.5) is 0 Å². The van der Waals surface area contributed by atoms with Crippen LogP contribution in [-0.4, -0.2) is 40.1 Å². The summed E-state index contributed by atoms with van der Waals surface area (Å²) < 4.78 is 0. The fraction of sp³-hybridized carbons (Fsp3) is 0.0435. The van der Waals surface area contributed by atoms with Crippen LogP contribution in [0.5, 0.6) is 0 Å². The largest absolute Gasteiger partial charge is 0.336 e. The first-order chi connectivity index (χ1) is 15.3. The molecule has 8 nitrogen and oxygen atoms in total. The quantitative estimate of drug-likeness (QED) is 0.454. The van der Waals surface area contributed by atoms with Crippen LogP contribution in [0.25, 0.3) is 56.1 Å². The van der Waals surface area contributed by atoms with Crippen molar-refractivity contribution in [3.63, 3.8) is 0 Å². The molecule has 0 fully saturated rings. The van der Waals surface area contributed by atoms with E-state index < -0.39 is 0 Å². The van der Waals surface area contributed by atoms with Gasteiger partial charge in [0, 0.05) is 42.1 Å². The number of aromatic nitrogens is 8. The SMILES string of the molecule is Cc1ccncc1-c1cnc2[nH]nc(-c3nc4c(-c5ccccn5)nccc4[nH]3)c2c1. The molecule has 148 valence electrons. The summed E-state index contributed by atoms with van der Waals surface area (Å²) >= 11 is 0. The average Bonchev–Trinajstić information content (AvgIpc) is 3.43. The highest BCUT2D eigenvalue weighted by atomic mass is 15.2. The number of nitrogens with zero attached hydrogens (tertiary/aromatic N) is 6. The number of fused-ring (bicyclic) bond motifs is 2. The second-order valence-corrected chi connectivity index (χ2v) is 7.24. The topological polar surface area (TPSA) is 109 Å². The number of imidazole rings is 1. The third-order valence-electron chi connectivity index (χ3n) is 5.30. The lowest BCUT2D eigenvalue weighted by molar-refractivity contribution is 1.09. The van der Waals surface area contributed by atoms with E-state index in [2.05, 4.69) is 48.1 Å². The van der Waals surface area contributed by atoms with Gasteiger partial charge >= 0.3 is 0 Å². The molecule has 0 saturated heterocycles. The summed E-state index contributed by atoms with van der Waals surface area (Å²) in [6.07, 6.45) is 8.97. The van der Waals surface area contributed by atoms with E-state index in [4.69, 9.17) is 4.98 Å². The molecule has 0 unspecified atom stereocenters. The van der Waals surface area contributed by atoms with Crippen molar-refractivity contribution in [1.29, 1.82) is 0 Å². The van der Waals surface area contributed by atoms with E-state index in [0.29, 0.717) is 17.2 Å². The molecule has 0 radical (unpaired) electrons. The zero-order valence-corrected chi connectivity index (χ0v) is 16.5. The van der Waals surface area contributed by atoms with E-state index in [0.717, 1.165) is 44.5 Å². The summed E-state index contributed by atoms with van der Waals surface area (Å²) in [6.45, 7) is 2.06. The van der Waals surface area contributed by atoms with Gasteiger partial charge in [-0.15, -0.1) is 0 Å². The molecule has 0 spiro atoms. The molecule has 6 aromatic heterocycles. The Labute approximate surface area is 176 Å². The third kappa shape index (κ3) is 2.84. The van der Waals surface area contributed by atoms with Gasteiger partial charge in [-0.2, -0.15) is 5.10 Å². The number of aryl methyl sites for hydroxylation is 1. The lowest BCUT2D eigenvalue weighted by Crippen LogP contribution is -1.88. The Hall–Kier alpha value is -4.46. The summed E-state index contributed by atoms with van der Waals surface area (Å²) in [5, 5.41) is 8.38. The maximum Gasteiger partial charge on any atom is 0.159 e. The monoisotopic (exact) mass is 404 g/mol. The number of aromatic amines is 2. The molecule has 0 amide bonds. The number of H-pyrrole nitrogens is 2. The lowest BCUT2D eigenvalue weighted by atomic mass is 10.0. The predicted octanol–water partition coefficient (Wildman–Crippen LogP) is 4.33. The predicted molar refractivity (Wildman–Crippen MR) is 118 cm³/mol. The summed E-state index contributed by atoms with van der Waals surface area (Å²) in [5.41, 5.74) is 7.67. The average molecular weight is 404 g/mol. The summed E-state index contributed by atoms with van der Waals surface area (Å²) in [6, 6.07) is 11.7. The molecule has 8 heteroatoms. The van der Waals surface area contributed by atoms with E-state index in [1.807, 2.05) is 42.7 Å². The summed E-state index contributed by atoms with van der Waals surface area (Å²) in [7, 11) is 0. The Morgan fingerprint density at radius 3 is 2.71 bits per heavy atom. The maximum absolute atomic E-state index is 4.82. The minimum Gasteiger partial charge on any atom is -0.336 e. The first-order valence-corrected chi connectivity index (χ1v) is 9.79. The van der Waals surface area contributed by atoms with Crippen molar-refractivity contribution in [3.8, 4) is 34.0 Å². The lowest BCUT2D eigenvalue weighted by Gasteiger charge is -2.04. The first kappa shape index (κ1) is 17.4. The highest BCUT2D eigenvalue weighted by Crippen LogP contribution is 2.31. The number of rotatable bonds is 3. The second-order valence-electron chi connectivity index (χ2n) is 7.24. The van der Waals surface area contributed by atoms with Gasteiger partial charge in [-0.1, -0.05) is 6.07 Å². The summed E-state index contributed by atoms with van der Waals surface area (Å²) in [4.78, 5) is 25.9. The Bertz CT molecular complexity index is 1550. The van der Waals surface area contributed by atoms with Gasteiger partial charge in [-0.25, -0.2) is 9.97 Å². The van der Waals surface area contributed by atoms with Gasteiger partial charge in [0.1, 0.15) is 16.9 Å². The molecule has 0 bridgehead atoms. The molecule has 31 heavy (non-hydrogen) atoms. The van der Waals surface area contributed by atoms with E-state index in [1.165, 1.54) is 0 Å². The minimum atomic E-state index is 0.647. The Morgan fingerprint density at radius 2 is 1.84 bits per heavy atom. The van der Waals surface area contributed by atoms with Crippen molar-refractivity contribution in [2.45, 2.75) is 6.92 Å². The van der Waals surface area contributed by atoms with Crippen molar-refractivity contribution >= 4 is 22.1 Å². The van der Waals surface area contributed by atoms with Crippen LogP contribution in [0.2, 0.25) is 0 Å². The highest BCUT2D eigenvalue weighted by Gasteiger charge is 2.17. The molecule has 0 aliphatic heterocycles. The molecular weight excluding hydrogens is 388 g/mol. The zero-order valence-electron chi connectivity index (χ0n) is 16.5. The zero-order chi connectivity index (χ0) is 20.8. The molecule has 6 rings (SSSR count). The van der Waals surface area contributed by atoms with Gasteiger partial charge < -0.3 is 4.98 Å². The van der Waals surface area contributed by atoms with Gasteiger partial charge in [-0.05, 0) is 42.8 Å². The molecule has 0 aliphatic carbocycles. The smallest absolute Gasteiger partial charge is 0.159 e. The first-order valence-electron chi connectivity index (χ1n) is 9.79. The molecule has 0 aliphatic rings. The standard InChI is InChI=1S/C23H16N8/c1-13-5-8-24-12-16(13)14-10-15-19(30-31-22(15)27-11-14)23-28-18-6-9-26-20(21(18)29-23)17-4-2-3-7-25-17/h2-12H,1H3,(H,28,29)(H,27,30,31). The fourth-order valence-corrected chi connectivity index (χ4v) is 3.74. The normalized spacial score (nSPS) is 11.4. The van der Waals surface area contributed by atoms with Crippen molar-refractivity contribution in [3.05, 3.63) is 72.9 Å². The molecule has 2 N–H and O–H groups in total. The number of hydrogen-bond acceptors (Lipinski definition) is 6. The fourth-order valence-electron chi connectivity index (χ4n) is 3.74. The minimum absolute atomic E-state index is 0.647. The number of nitrogens with one attached hydrogen (secondary N) is 2. The molecule has 0 aromatic carbocycles. The highest BCUT2D eigenvalue weighted by molar-refractivity contribution is 5.95. The molecule has 0 saturated carbocycles. The van der Waals surface area contributed by atoms with Crippen molar-refractivity contribution in [2.75, 3.05) is 0 Å². The van der Waals surface area contributed by atoms with Gasteiger partial charge in [-0.3, -0.25) is 20.1 Å². The number of pyridine rings is 4. The van der Waals surface area contributed by atoms with Gasteiger partial charge in [0.05, 0.1) is 16.6 Å². The Kier molecular flexibility index (Phi) is 3.82. The Morgan fingerprint density at radius 1 is 0.871 bits per heavy atom. The van der Waals surface area contributed by atoms with Crippen molar-refractivity contribution < 1.29 is 0 Å². The van der Waals surface area contributed by atoms with Gasteiger partial charge in [0.15, 0.2) is 11.5 Å². The van der Waals surface area contributed by atoms with Crippen LogP contribution in [-0.2, 0) is 0 Å². The van der Waals surface area contributed by atoms with Crippen LogP contribution in [0.3, 0.4) is 0 Å². The van der Waals surface area contributed by atoms with Crippen molar-refractivity contribution in [1.82, 2.24) is 40.1 Å². The molecular formula is C23H16N8. The van der Waals surface area contributed by atoms with Gasteiger partial charge in [0.2, 0.25) is 0 Å². The van der Waals surface area contributed by atoms with Crippen molar-refractivity contribution in [2.24, 2.45) is 0 Å². The van der Waals surface area contributed by atoms with Crippen LogP contribution in [0.15, 0.2) is 67.4 Å². The third-order valence-corrected chi connectivity index (χ3v) is 5.30. The van der Waals surface area contributed by atoms with Gasteiger partial charge in [0.25, 0.3) is 0 Å².